The number of benzene rings is 1. The summed E-state index contributed by atoms with van der Waals surface area (Å²) < 4.78 is 5.43. The number of aryl methyl sites for hydroxylation is 2. The third-order valence-electron chi connectivity index (χ3n) is 5.29. The Bertz CT molecular complexity index is 890. The van der Waals surface area contributed by atoms with Gasteiger partial charge in [0.25, 0.3) is 5.56 Å². The van der Waals surface area contributed by atoms with E-state index in [1.165, 1.54) is 0 Å². The number of rotatable bonds is 6. The minimum absolute atomic E-state index is 0.0446. The number of thiocarbonyl (C=S) groups is 1. The zero-order valence-electron chi connectivity index (χ0n) is 17.0. The van der Waals surface area contributed by atoms with Crippen LogP contribution in [0.4, 0.5) is 0 Å². The van der Waals surface area contributed by atoms with Crippen molar-refractivity contribution < 1.29 is 4.74 Å². The maximum atomic E-state index is 12.7. The van der Waals surface area contributed by atoms with Gasteiger partial charge >= 0.3 is 0 Å². The second kappa shape index (κ2) is 9.49. The van der Waals surface area contributed by atoms with Gasteiger partial charge in [-0.15, -0.1) is 0 Å². The summed E-state index contributed by atoms with van der Waals surface area (Å²) in [5.41, 5.74) is 3.85. The van der Waals surface area contributed by atoms with Gasteiger partial charge in [0.1, 0.15) is 0 Å². The number of hydrogen-bond acceptors (Lipinski definition) is 4. The van der Waals surface area contributed by atoms with Crippen molar-refractivity contribution in [3.8, 4) is 0 Å². The molecule has 1 aliphatic heterocycles. The first-order chi connectivity index (χ1) is 13.5. The summed E-state index contributed by atoms with van der Waals surface area (Å²) >= 11 is 5.59. The van der Waals surface area contributed by atoms with Crippen LogP contribution in [-0.2, 0) is 11.3 Å². The molecule has 1 aromatic heterocycles. The quantitative estimate of drug-likeness (QED) is 0.723. The SMILES string of the molecule is CCNC(=S)N(CCN1CCOCC1)Cc1cc2c(C)ccc(C)c2[nH]c1=O. The molecule has 1 fully saturated rings. The van der Waals surface area contributed by atoms with E-state index in [0.29, 0.717) is 11.7 Å². The molecule has 2 heterocycles. The van der Waals surface area contributed by atoms with Crippen LogP contribution in [0.1, 0.15) is 23.6 Å². The van der Waals surface area contributed by atoms with Crippen LogP contribution in [-0.4, -0.2) is 65.8 Å². The number of aromatic amines is 1. The molecular weight excluding hydrogens is 372 g/mol. The molecule has 6 nitrogen and oxygen atoms in total. The highest BCUT2D eigenvalue weighted by Gasteiger charge is 2.16. The number of pyridine rings is 1. The molecule has 2 N–H and O–H groups in total. The molecule has 152 valence electrons. The highest BCUT2D eigenvalue weighted by Crippen LogP contribution is 2.20. The summed E-state index contributed by atoms with van der Waals surface area (Å²) in [6.45, 7) is 12.5. The number of aromatic nitrogens is 1. The van der Waals surface area contributed by atoms with Crippen LogP contribution in [0, 0.1) is 13.8 Å². The largest absolute Gasteiger partial charge is 0.379 e. The molecule has 1 aromatic carbocycles. The smallest absolute Gasteiger partial charge is 0.253 e. The monoisotopic (exact) mass is 402 g/mol. The molecule has 3 rings (SSSR count). The Kier molecular flexibility index (Phi) is 7.04. The van der Waals surface area contributed by atoms with Crippen molar-refractivity contribution in [3.05, 3.63) is 45.2 Å². The molecule has 0 bridgehead atoms. The van der Waals surface area contributed by atoms with Crippen LogP contribution in [0.2, 0.25) is 0 Å². The molecule has 1 aliphatic rings. The fraction of sp³-hybridized carbons (Fsp3) is 0.524. The van der Waals surface area contributed by atoms with E-state index in [4.69, 9.17) is 17.0 Å². The molecule has 2 aromatic rings. The summed E-state index contributed by atoms with van der Waals surface area (Å²) in [4.78, 5) is 20.3. The van der Waals surface area contributed by atoms with Crippen LogP contribution in [0.5, 0.6) is 0 Å². The van der Waals surface area contributed by atoms with Gasteiger partial charge in [0.2, 0.25) is 0 Å². The van der Waals surface area contributed by atoms with E-state index in [-0.39, 0.29) is 5.56 Å². The third kappa shape index (κ3) is 4.90. The van der Waals surface area contributed by atoms with Crippen LogP contribution >= 0.6 is 12.2 Å². The Labute approximate surface area is 171 Å². The van der Waals surface area contributed by atoms with E-state index in [1.54, 1.807) is 0 Å². The highest BCUT2D eigenvalue weighted by atomic mass is 32.1. The number of nitrogens with zero attached hydrogens (tertiary/aromatic N) is 2. The lowest BCUT2D eigenvalue weighted by molar-refractivity contribution is 0.0357. The number of morpholine rings is 1. The standard InChI is InChI=1S/C21H30N4O2S/c1-4-22-21(28)25(8-7-24-9-11-27-12-10-24)14-17-13-18-15(2)5-6-16(3)19(18)23-20(17)26/h5-6,13H,4,7-12,14H2,1-3H3,(H,22,28)(H,23,26). The zero-order chi connectivity index (χ0) is 20.1. The lowest BCUT2D eigenvalue weighted by atomic mass is 10.0. The molecule has 0 amide bonds. The van der Waals surface area contributed by atoms with Crippen molar-refractivity contribution in [2.75, 3.05) is 45.9 Å². The normalized spacial score (nSPS) is 15.0. The second-order valence-corrected chi connectivity index (χ2v) is 7.71. The number of ether oxygens (including phenoxy) is 1. The fourth-order valence-electron chi connectivity index (χ4n) is 3.54. The Morgan fingerprint density at radius 1 is 1.29 bits per heavy atom. The van der Waals surface area contributed by atoms with Crippen molar-refractivity contribution in [2.24, 2.45) is 0 Å². The summed E-state index contributed by atoms with van der Waals surface area (Å²) in [5.74, 6) is 0. The van der Waals surface area contributed by atoms with Crippen LogP contribution < -0.4 is 10.9 Å². The number of H-pyrrole nitrogens is 1. The van der Waals surface area contributed by atoms with Gasteiger partial charge < -0.3 is 19.9 Å². The molecule has 0 atom stereocenters. The summed E-state index contributed by atoms with van der Waals surface area (Å²) in [5, 5.41) is 5.02. The molecule has 0 radical (unpaired) electrons. The van der Waals surface area contributed by atoms with Gasteiger partial charge in [-0.05, 0) is 50.2 Å². The average Bonchev–Trinajstić information content (AvgIpc) is 2.69. The van der Waals surface area contributed by atoms with E-state index in [9.17, 15) is 4.79 Å². The topological polar surface area (TPSA) is 60.6 Å². The maximum Gasteiger partial charge on any atom is 0.253 e. The van der Waals surface area contributed by atoms with Gasteiger partial charge in [0, 0.05) is 43.7 Å². The summed E-state index contributed by atoms with van der Waals surface area (Å²) in [6.07, 6.45) is 0. The minimum atomic E-state index is -0.0446. The molecule has 0 unspecified atom stereocenters. The maximum absolute atomic E-state index is 12.7. The lowest BCUT2D eigenvalue weighted by Crippen LogP contribution is -2.46. The number of fused-ring (bicyclic) bond motifs is 1. The van der Waals surface area contributed by atoms with Crippen LogP contribution in [0.3, 0.4) is 0 Å². The first-order valence-electron chi connectivity index (χ1n) is 9.94. The second-order valence-electron chi connectivity index (χ2n) is 7.32. The van der Waals surface area contributed by atoms with E-state index >= 15 is 0 Å². The van der Waals surface area contributed by atoms with Crippen LogP contribution in [0.25, 0.3) is 10.9 Å². The molecule has 7 heteroatoms. The van der Waals surface area contributed by atoms with Gasteiger partial charge in [0.15, 0.2) is 5.11 Å². The third-order valence-corrected chi connectivity index (χ3v) is 5.69. The molecule has 0 aliphatic carbocycles. The Morgan fingerprint density at radius 2 is 2.00 bits per heavy atom. The average molecular weight is 403 g/mol. The minimum Gasteiger partial charge on any atom is -0.379 e. The Morgan fingerprint density at radius 3 is 2.71 bits per heavy atom. The van der Waals surface area contributed by atoms with Crippen molar-refractivity contribution in [2.45, 2.75) is 27.3 Å². The molecule has 0 saturated carbocycles. The number of nitrogens with one attached hydrogen (secondary N) is 2. The van der Waals surface area contributed by atoms with E-state index in [2.05, 4.69) is 33.1 Å². The molecular formula is C21H30N4O2S. The zero-order valence-corrected chi connectivity index (χ0v) is 17.8. The highest BCUT2D eigenvalue weighted by molar-refractivity contribution is 7.80. The molecule has 1 saturated heterocycles. The van der Waals surface area contributed by atoms with Gasteiger partial charge in [-0.1, -0.05) is 12.1 Å². The summed E-state index contributed by atoms with van der Waals surface area (Å²) in [6, 6.07) is 6.16. The molecule has 28 heavy (non-hydrogen) atoms. The van der Waals surface area contributed by atoms with Crippen molar-refractivity contribution in [3.63, 3.8) is 0 Å². The van der Waals surface area contributed by atoms with Gasteiger partial charge in [-0.2, -0.15) is 0 Å². The van der Waals surface area contributed by atoms with Gasteiger partial charge in [0.05, 0.1) is 25.3 Å². The van der Waals surface area contributed by atoms with E-state index < -0.39 is 0 Å². The lowest BCUT2D eigenvalue weighted by Gasteiger charge is -2.31. The first-order valence-corrected chi connectivity index (χ1v) is 10.4. The Hall–Kier alpha value is -1.96. The van der Waals surface area contributed by atoms with Crippen molar-refractivity contribution in [1.29, 1.82) is 0 Å². The van der Waals surface area contributed by atoms with E-state index in [1.807, 2.05) is 26.0 Å². The first kappa shape index (κ1) is 20.8. The molecule has 0 spiro atoms. The van der Waals surface area contributed by atoms with Crippen molar-refractivity contribution in [1.82, 2.24) is 20.1 Å². The summed E-state index contributed by atoms with van der Waals surface area (Å²) in [7, 11) is 0. The predicted molar refractivity (Wildman–Crippen MR) is 118 cm³/mol. The van der Waals surface area contributed by atoms with Gasteiger partial charge in [-0.25, -0.2) is 0 Å². The fourth-order valence-corrected chi connectivity index (χ4v) is 3.84. The van der Waals surface area contributed by atoms with Crippen molar-refractivity contribution >= 4 is 28.2 Å². The van der Waals surface area contributed by atoms with Crippen LogP contribution in [0.15, 0.2) is 23.0 Å². The Balaban J connectivity index is 1.82. The van der Waals surface area contributed by atoms with E-state index in [0.717, 1.165) is 73.5 Å². The predicted octanol–water partition coefficient (Wildman–Crippen LogP) is 2.17. The number of hydrogen-bond donors (Lipinski definition) is 2. The van der Waals surface area contributed by atoms with Gasteiger partial charge in [-0.3, -0.25) is 9.69 Å².